The Labute approximate surface area is 219 Å². The van der Waals surface area contributed by atoms with Gasteiger partial charge in [0.1, 0.15) is 22.1 Å². The summed E-state index contributed by atoms with van der Waals surface area (Å²) < 4.78 is 9.62. The third-order valence-electron chi connectivity index (χ3n) is 6.64. The van der Waals surface area contributed by atoms with Gasteiger partial charge in [-0.1, -0.05) is 103 Å². The van der Waals surface area contributed by atoms with Crippen molar-refractivity contribution in [2.45, 2.75) is 5.54 Å². The summed E-state index contributed by atoms with van der Waals surface area (Å²) in [5.41, 5.74) is 4.41. The lowest BCUT2D eigenvalue weighted by atomic mass is 9.77. The first-order valence-corrected chi connectivity index (χ1v) is 12.3. The first kappa shape index (κ1) is 23.0. The van der Waals surface area contributed by atoms with Gasteiger partial charge in [0.15, 0.2) is 0 Å². The molecule has 0 aliphatic rings. The third-order valence-corrected chi connectivity index (χ3v) is 6.84. The number of aromatic nitrogens is 5. The second-order valence-electron chi connectivity index (χ2n) is 8.79. The molecule has 0 saturated heterocycles. The molecular weight excluding hydrogens is 482 g/mol. The van der Waals surface area contributed by atoms with Crippen LogP contribution in [0.1, 0.15) is 16.7 Å². The predicted molar refractivity (Wildman–Crippen MR) is 146 cm³/mol. The van der Waals surface area contributed by atoms with Crippen LogP contribution in [0.2, 0.25) is 5.15 Å². The Balaban J connectivity index is 1.81. The molecule has 37 heavy (non-hydrogen) atoms. The van der Waals surface area contributed by atoms with E-state index in [-0.39, 0.29) is 0 Å². The standard InChI is InChI=1S/C30H24ClN5O/c1-35-19-18-24(33-35)28-27-25(20-26(31)32-28)36(34-29(27)37-2)30(21-12-6-3-7-13-21,22-14-8-4-9-15-22)23-16-10-5-11-17-23/h3-20H,1-2H3. The van der Waals surface area contributed by atoms with Crippen molar-refractivity contribution in [3.63, 3.8) is 0 Å². The molecule has 3 aromatic heterocycles. The maximum absolute atomic E-state index is 6.67. The summed E-state index contributed by atoms with van der Waals surface area (Å²) in [5.74, 6) is 0.451. The monoisotopic (exact) mass is 505 g/mol. The van der Waals surface area contributed by atoms with E-state index in [0.717, 1.165) is 27.6 Å². The van der Waals surface area contributed by atoms with Gasteiger partial charge in [0.2, 0.25) is 5.88 Å². The average molecular weight is 506 g/mol. The number of ether oxygens (including phenoxy) is 1. The Kier molecular flexibility index (Phi) is 5.74. The molecule has 6 aromatic rings. The molecule has 3 aromatic carbocycles. The molecule has 0 spiro atoms. The summed E-state index contributed by atoms with van der Waals surface area (Å²) in [6.07, 6.45) is 1.88. The van der Waals surface area contributed by atoms with Gasteiger partial charge in [-0.3, -0.25) is 4.68 Å². The van der Waals surface area contributed by atoms with Crippen molar-refractivity contribution in [3.05, 3.63) is 131 Å². The summed E-state index contributed by atoms with van der Waals surface area (Å²) >= 11 is 6.67. The highest BCUT2D eigenvalue weighted by molar-refractivity contribution is 6.30. The van der Waals surface area contributed by atoms with E-state index in [1.165, 1.54) is 0 Å². The zero-order valence-electron chi connectivity index (χ0n) is 20.4. The van der Waals surface area contributed by atoms with Crippen LogP contribution >= 0.6 is 11.6 Å². The minimum Gasteiger partial charge on any atom is -0.479 e. The summed E-state index contributed by atoms with van der Waals surface area (Å²) in [6, 6.07) is 34.9. The summed E-state index contributed by atoms with van der Waals surface area (Å²) in [4.78, 5) is 4.66. The minimum atomic E-state index is -0.828. The molecule has 6 nitrogen and oxygen atoms in total. The van der Waals surface area contributed by atoms with Crippen LogP contribution in [0, 0.1) is 0 Å². The molecule has 0 atom stereocenters. The van der Waals surface area contributed by atoms with E-state index >= 15 is 0 Å². The molecule has 7 heteroatoms. The van der Waals surface area contributed by atoms with Gasteiger partial charge < -0.3 is 4.74 Å². The van der Waals surface area contributed by atoms with Crippen molar-refractivity contribution in [2.24, 2.45) is 7.05 Å². The van der Waals surface area contributed by atoms with Crippen molar-refractivity contribution >= 4 is 22.5 Å². The third kappa shape index (κ3) is 3.69. The summed E-state index contributed by atoms with van der Waals surface area (Å²) in [7, 11) is 3.50. The average Bonchev–Trinajstić information content (AvgIpc) is 3.54. The van der Waals surface area contributed by atoms with E-state index in [1.54, 1.807) is 11.8 Å². The summed E-state index contributed by atoms with van der Waals surface area (Å²) in [5, 5.41) is 10.8. The lowest BCUT2D eigenvalue weighted by molar-refractivity contribution is 0.378. The van der Waals surface area contributed by atoms with E-state index in [9.17, 15) is 0 Å². The van der Waals surface area contributed by atoms with Crippen LogP contribution in [0.15, 0.2) is 109 Å². The number of nitrogens with zero attached hydrogens (tertiary/aromatic N) is 5. The Morgan fingerprint density at radius 2 is 1.30 bits per heavy atom. The van der Waals surface area contributed by atoms with Crippen LogP contribution < -0.4 is 4.74 Å². The highest BCUT2D eigenvalue weighted by atomic mass is 35.5. The number of hydrogen-bond donors (Lipinski definition) is 0. The SMILES string of the molecule is COc1nn(C(c2ccccc2)(c2ccccc2)c2ccccc2)c2cc(Cl)nc(-c3ccn(C)n3)c12. The molecule has 0 unspecified atom stereocenters. The lowest BCUT2D eigenvalue weighted by Gasteiger charge is -2.36. The van der Waals surface area contributed by atoms with Gasteiger partial charge in [-0.25, -0.2) is 9.67 Å². The van der Waals surface area contributed by atoms with Gasteiger partial charge >= 0.3 is 0 Å². The van der Waals surface area contributed by atoms with E-state index in [4.69, 9.17) is 21.4 Å². The van der Waals surface area contributed by atoms with Crippen molar-refractivity contribution < 1.29 is 4.74 Å². The molecule has 0 aliphatic heterocycles. The highest BCUT2D eigenvalue weighted by Gasteiger charge is 2.41. The normalized spacial score (nSPS) is 11.6. The van der Waals surface area contributed by atoms with Gasteiger partial charge in [0, 0.05) is 19.3 Å². The first-order valence-electron chi connectivity index (χ1n) is 11.9. The van der Waals surface area contributed by atoms with E-state index in [2.05, 4.69) is 46.5 Å². The molecule has 0 radical (unpaired) electrons. The van der Waals surface area contributed by atoms with Gasteiger partial charge in [0.05, 0.1) is 18.0 Å². The van der Waals surface area contributed by atoms with Crippen LogP contribution in [0.25, 0.3) is 22.3 Å². The molecule has 0 fully saturated rings. The van der Waals surface area contributed by atoms with Gasteiger partial charge in [-0.05, 0) is 22.8 Å². The first-order chi connectivity index (χ1) is 18.1. The van der Waals surface area contributed by atoms with Crippen LogP contribution in [0.4, 0.5) is 0 Å². The Morgan fingerprint density at radius 3 is 1.76 bits per heavy atom. The Hall–Kier alpha value is -4.42. The van der Waals surface area contributed by atoms with Crippen molar-refractivity contribution in [2.75, 3.05) is 7.11 Å². The van der Waals surface area contributed by atoms with Crippen LogP contribution in [-0.2, 0) is 12.6 Å². The fraction of sp³-hybridized carbons (Fsp3) is 0.100. The molecule has 0 aliphatic carbocycles. The summed E-state index contributed by atoms with van der Waals surface area (Å²) in [6.45, 7) is 0. The molecule has 6 rings (SSSR count). The van der Waals surface area contributed by atoms with Crippen molar-refractivity contribution in [1.29, 1.82) is 0 Å². The fourth-order valence-corrected chi connectivity index (χ4v) is 5.29. The van der Waals surface area contributed by atoms with E-state index in [1.807, 2.05) is 84.7 Å². The predicted octanol–water partition coefficient (Wildman–Crippen LogP) is 6.33. The zero-order valence-corrected chi connectivity index (χ0v) is 21.2. The molecular formula is C30H24ClN5O. The number of fused-ring (bicyclic) bond motifs is 1. The maximum Gasteiger partial charge on any atom is 0.242 e. The zero-order chi connectivity index (χ0) is 25.4. The number of hydrogen-bond acceptors (Lipinski definition) is 4. The van der Waals surface area contributed by atoms with Gasteiger partial charge in [-0.2, -0.15) is 5.10 Å². The van der Waals surface area contributed by atoms with E-state index in [0.29, 0.717) is 22.4 Å². The quantitative estimate of drug-likeness (QED) is 0.196. The largest absolute Gasteiger partial charge is 0.479 e. The number of benzene rings is 3. The number of halogens is 1. The second kappa shape index (κ2) is 9.22. The minimum absolute atomic E-state index is 0.347. The molecule has 0 bridgehead atoms. The van der Waals surface area contributed by atoms with Crippen LogP contribution in [0.5, 0.6) is 5.88 Å². The highest BCUT2D eigenvalue weighted by Crippen LogP contribution is 2.45. The number of aryl methyl sites for hydroxylation is 1. The van der Waals surface area contributed by atoms with E-state index < -0.39 is 5.54 Å². The maximum atomic E-state index is 6.67. The van der Waals surface area contributed by atoms with Crippen LogP contribution in [-0.4, -0.2) is 31.7 Å². The molecule has 0 saturated carbocycles. The van der Waals surface area contributed by atoms with Gasteiger partial charge in [0.25, 0.3) is 0 Å². The molecule has 0 amide bonds. The Morgan fingerprint density at radius 1 is 0.757 bits per heavy atom. The lowest BCUT2D eigenvalue weighted by Crippen LogP contribution is -2.38. The number of methoxy groups -OCH3 is 1. The topological polar surface area (TPSA) is 57.8 Å². The smallest absolute Gasteiger partial charge is 0.242 e. The van der Waals surface area contributed by atoms with Crippen LogP contribution in [0.3, 0.4) is 0 Å². The molecule has 3 heterocycles. The second-order valence-corrected chi connectivity index (χ2v) is 9.18. The molecule has 182 valence electrons. The van der Waals surface area contributed by atoms with Crippen molar-refractivity contribution in [3.8, 4) is 17.3 Å². The fourth-order valence-electron chi connectivity index (χ4n) is 5.10. The van der Waals surface area contributed by atoms with Gasteiger partial charge in [-0.15, -0.1) is 5.10 Å². The number of rotatable bonds is 6. The number of pyridine rings is 1. The molecule has 0 N–H and O–H groups in total. The van der Waals surface area contributed by atoms with Crippen molar-refractivity contribution in [1.82, 2.24) is 24.5 Å². The Bertz CT molecular complexity index is 1580.